The molecule has 0 bridgehead atoms. The molecule has 0 aromatic heterocycles. The summed E-state index contributed by atoms with van der Waals surface area (Å²) in [5, 5.41) is 0.690. The number of ether oxygens (including phenoxy) is 1. The number of benzene rings is 1. The Bertz CT molecular complexity index is 250. The van der Waals surface area contributed by atoms with Gasteiger partial charge in [0.2, 0.25) is 0 Å². The molecule has 0 radical (unpaired) electrons. The molecule has 1 aromatic rings. The zero-order valence-corrected chi connectivity index (χ0v) is 8.12. The van der Waals surface area contributed by atoms with E-state index in [1.807, 2.05) is 6.92 Å². The molecule has 1 aromatic carbocycles. The lowest BCUT2D eigenvalue weighted by Crippen LogP contribution is -2.21. The van der Waals surface area contributed by atoms with E-state index in [1.165, 1.54) is 0 Å². The van der Waals surface area contributed by atoms with Crippen LogP contribution in [0.3, 0.4) is 0 Å². The lowest BCUT2D eigenvalue weighted by molar-refractivity contribution is 0.0589. The van der Waals surface area contributed by atoms with Crippen LogP contribution in [0.25, 0.3) is 0 Å². The van der Waals surface area contributed by atoms with Gasteiger partial charge in [0.1, 0.15) is 18.5 Å². The van der Waals surface area contributed by atoms with Gasteiger partial charge in [-0.2, -0.15) is 0 Å². The standard InChI is InChI=1S/C9H12ClNO2/c1-7(6-12-11)13-9-4-2-8(10)3-5-9/h2-5,7H,6,11H2,1H3/t7-/m1/s1. The van der Waals surface area contributed by atoms with Gasteiger partial charge in [-0.25, -0.2) is 5.90 Å². The first-order valence-corrected chi connectivity index (χ1v) is 4.34. The van der Waals surface area contributed by atoms with Crippen molar-refractivity contribution < 1.29 is 9.57 Å². The normalized spacial score (nSPS) is 12.5. The molecular formula is C9H12ClNO2. The van der Waals surface area contributed by atoms with Crippen LogP contribution in [0.4, 0.5) is 0 Å². The summed E-state index contributed by atoms with van der Waals surface area (Å²) in [4.78, 5) is 4.45. The highest BCUT2D eigenvalue weighted by Gasteiger charge is 2.02. The van der Waals surface area contributed by atoms with E-state index in [4.69, 9.17) is 22.2 Å². The first-order chi connectivity index (χ1) is 6.22. The Morgan fingerprint density at radius 1 is 1.38 bits per heavy atom. The van der Waals surface area contributed by atoms with Gasteiger partial charge >= 0.3 is 0 Å². The van der Waals surface area contributed by atoms with Crippen LogP contribution < -0.4 is 10.6 Å². The van der Waals surface area contributed by atoms with Crippen LogP contribution in [-0.2, 0) is 4.84 Å². The van der Waals surface area contributed by atoms with E-state index in [-0.39, 0.29) is 6.10 Å². The topological polar surface area (TPSA) is 44.5 Å². The van der Waals surface area contributed by atoms with Crippen molar-refractivity contribution in [2.24, 2.45) is 5.90 Å². The van der Waals surface area contributed by atoms with E-state index >= 15 is 0 Å². The summed E-state index contributed by atoms with van der Waals surface area (Å²) in [7, 11) is 0. The predicted octanol–water partition coefficient (Wildman–Crippen LogP) is 2.00. The van der Waals surface area contributed by atoms with E-state index in [9.17, 15) is 0 Å². The molecule has 0 unspecified atom stereocenters. The fourth-order valence-corrected chi connectivity index (χ4v) is 1.04. The molecule has 1 atom stereocenters. The second-order valence-corrected chi connectivity index (χ2v) is 3.15. The summed E-state index contributed by atoms with van der Waals surface area (Å²) in [6.45, 7) is 2.24. The van der Waals surface area contributed by atoms with Crippen molar-refractivity contribution >= 4 is 11.6 Å². The van der Waals surface area contributed by atoms with Crippen molar-refractivity contribution in [2.75, 3.05) is 6.61 Å². The lowest BCUT2D eigenvalue weighted by Gasteiger charge is -2.12. The van der Waals surface area contributed by atoms with Crippen LogP contribution in [0.15, 0.2) is 24.3 Å². The Kier molecular flexibility index (Phi) is 4.02. The summed E-state index contributed by atoms with van der Waals surface area (Å²) >= 11 is 5.71. The van der Waals surface area contributed by atoms with Gasteiger partial charge in [0.15, 0.2) is 0 Å². The average molecular weight is 202 g/mol. The van der Waals surface area contributed by atoms with E-state index in [1.54, 1.807) is 24.3 Å². The van der Waals surface area contributed by atoms with Gasteiger partial charge < -0.3 is 9.57 Å². The summed E-state index contributed by atoms with van der Waals surface area (Å²) in [5.74, 6) is 5.66. The molecular weight excluding hydrogens is 190 g/mol. The number of rotatable bonds is 4. The monoisotopic (exact) mass is 201 g/mol. The molecule has 0 aliphatic carbocycles. The predicted molar refractivity (Wildman–Crippen MR) is 51.7 cm³/mol. The second kappa shape index (κ2) is 5.07. The van der Waals surface area contributed by atoms with Gasteiger partial charge in [-0.05, 0) is 31.2 Å². The lowest BCUT2D eigenvalue weighted by atomic mass is 10.3. The van der Waals surface area contributed by atoms with Gasteiger partial charge in [-0.15, -0.1) is 0 Å². The van der Waals surface area contributed by atoms with Crippen molar-refractivity contribution in [1.29, 1.82) is 0 Å². The van der Waals surface area contributed by atoms with Crippen molar-refractivity contribution in [3.63, 3.8) is 0 Å². The van der Waals surface area contributed by atoms with Gasteiger partial charge in [0.05, 0.1) is 0 Å². The molecule has 0 amide bonds. The molecule has 13 heavy (non-hydrogen) atoms. The summed E-state index contributed by atoms with van der Waals surface area (Å²) < 4.78 is 5.45. The highest BCUT2D eigenvalue weighted by Crippen LogP contribution is 2.16. The molecule has 0 saturated heterocycles. The van der Waals surface area contributed by atoms with Crippen molar-refractivity contribution in [2.45, 2.75) is 13.0 Å². The fourth-order valence-electron chi connectivity index (χ4n) is 0.915. The van der Waals surface area contributed by atoms with Crippen molar-refractivity contribution in [1.82, 2.24) is 0 Å². The Labute approximate surface area is 82.4 Å². The third-order valence-corrected chi connectivity index (χ3v) is 1.73. The Hall–Kier alpha value is -0.770. The van der Waals surface area contributed by atoms with Gasteiger partial charge in [-0.3, -0.25) is 0 Å². The highest BCUT2D eigenvalue weighted by atomic mass is 35.5. The third kappa shape index (κ3) is 3.63. The number of nitrogens with two attached hydrogens (primary N) is 1. The SMILES string of the molecule is C[C@H](CON)Oc1ccc(Cl)cc1. The van der Waals surface area contributed by atoms with Crippen LogP contribution in [-0.4, -0.2) is 12.7 Å². The van der Waals surface area contributed by atoms with E-state index in [2.05, 4.69) is 4.84 Å². The number of halogens is 1. The van der Waals surface area contributed by atoms with Crippen LogP contribution in [0, 0.1) is 0 Å². The summed E-state index contributed by atoms with van der Waals surface area (Å²) in [5.41, 5.74) is 0. The van der Waals surface area contributed by atoms with Gasteiger partial charge in [0.25, 0.3) is 0 Å². The minimum atomic E-state index is -0.0637. The second-order valence-electron chi connectivity index (χ2n) is 2.72. The Morgan fingerprint density at radius 3 is 2.54 bits per heavy atom. The van der Waals surface area contributed by atoms with E-state index in [0.717, 1.165) is 5.75 Å². The van der Waals surface area contributed by atoms with Gasteiger partial charge in [-0.1, -0.05) is 11.6 Å². The largest absolute Gasteiger partial charge is 0.488 e. The molecule has 4 heteroatoms. The maximum atomic E-state index is 5.71. The third-order valence-electron chi connectivity index (χ3n) is 1.48. The van der Waals surface area contributed by atoms with Crippen LogP contribution >= 0.6 is 11.6 Å². The minimum absolute atomic E-state index is 0.0637. The maximum absolute atomic E-state index is 5.71. The molecule has 3 nitrogen and oxygen atoms in total. The Balaban J connectivity index is 2.49. The highest BCUT2D eigenvalue weighted by molar-refractivity contribution is 6.30. The van der Waals surface area contributed by atoms with Crippen molar-refractivity contribution in [3.05, 3.63) is 29.3 Å². The van der Waals surface area contributed by atoms with Crippen molar-refractivity contribution in [3.8, 4) is 5.75 Å². The molecule has 0 aliphatic rings. The number of hydrogen-bond acceptors (Lipinski definition) is 3. The summed E-state index contributed by atoms with van der Waals surface area (Å²) in [6, 6.07) is 7.14. The fraction of sp³-hybridized carbons (Fsp3) is 0.333. The van der Waals surface area contributed by atoms with Crippen LogP contribution in [0.1, 0.15) is 6.92 Å². The molecule has 0 heterocycles. The molecule has 0 saturated carbocycles. The Morgan fingerprint density at radius 2 is 2.00 bits per heavy atom. The molecule has 72 valence electrons. The minimum Gasteiger partial charge on any atom is -0.488 e. The molecule has 0 fully saturated rings. The molecule has 2 N–H and O–H groups in total. The molecule has 0 aliphatic heterocycles. The van der Waals surface area contributed by atoms with Gasteiger partial charge in [0, 0.05) is 5.02 Å². The molecule has 1 rings (SSSR count). The zero-order chi connectivity index (χ0) is 9.68. The first-order valence-electron chi connectivity index (χ1n) is 3.96. The van der Waals surface area contributed by atoms with Crippen LogP contribution in [0.2, 0.25) is 5.02 Å². The van der Waals surface area contributed by atoms with E-state index < -0.39 is 0 Å². The average Bonchev–Trinajstić information content (AvgIpc) is 2.09. The number of hydrogen-bond donors (Lipinski definition) is 1. The molecule has 0 spiro atoms. The first kappa shape index (κ1) is 10.3. The van der Waals surface area contributed by atoms with Crippen LogP contribution in [0.5, 0.6) is 5.75 Å². The quantitative estimate of drug-likeness (QED) is 0.758. The summed E-state index contributed by atoms with van der Waals surface area (Å²) in [6.07, 6.45) is -0.0637. The zero-order valence-electron chi connectivity index (χ0n) is 7.37. The smallest absolute Gasteiger partial charge is 0.121 e. The van der Waals surface area contributed by atoms with E-state index in [0.29, 0.717) is 11.6 Å². The maximum Gasteiger partial charge on any atom is 0.121 e.